The van der Waals surface area contributed by atoms with Crippen LogP contribution in [0.4, 0.5) is 4.39 Å². The zero-order valence-electron chi connectivity index (χ0n) is 14.2. The SMILES string of the molecule is COc1ccc2c(c1)sc1ncc(C(=O)NCc3ccc(F)cc3)c(=O)n12. The molecule has 0 atom stereocenters. The van der Waals surface area contributed by atoms with Gasteiger partial charge in [0.15, 0.2) is 4.96 Å². The van der Waals surface area contributed by atoms with Crippen molar-refractivity contribution in [1.29, 1.82) is 0 Å². The number of fused-ring (bicyclic) bond motifs is 3. The molecule has 0 aliphatic rings. The molecule has 0 saturated carbocycles. The lowest BCUT2D eigenvalue weighted by Gasteiger charge is -2.05. The third-order valence-corrected chi connectivity index (χ3v) is 5.17. The standard InChI is InChI=1S/C19H14FN3O3S/c1-26-13-6-7-15-16(8-13)27-19-22-10-14(18(25)23(15)19)17(24)21-9-11-2-4-12(20)5-3-11/h2-8,10H,9H2,1H3,(H,21,24). The first kappa shape index (κ1) is 17.2. The van der Waals surface area contributed by atoms with Gasteiger partial charge in [-0.2, -0.15) is 0 Å². The number of nitrogens with zero attached hydrogens (tertiary/aromatic N) is 2. The summed E-state index contributed by atoms with van der Waals surface area (Å²) in [6.07, 6.45) is 1.28. The largest absolute Gasteiger partial charge is 0.497 e. The van der Waals surface area contributed by atoms with Crippen LogP contribution in [0.2, 0.25) is 0 Å². The maximum atomic E-state index is 12.9. The van der Waals surface area contributed by atoms with E-state index in [2.05, 4.69) is 10.3 Å². The molecule has 2 aromatic heterocycles. The number of methoxy groups -OCH3 is 1. The number of carbonyl (C=O) groups excluding carboxylic acids is 1. The van der Waals surface area contributed by atoms with Gasteiger partial charge in [0.05, 0.1) is 17.3 Å². The van der Waals surface area contributed by atoms with Crippen LogP contribution in [0.1, 0.15) is 15.9 Å². The van der Waals surface area contributed by atoms with Crippen LogP contribution >= 0.6 is 11.3 Å². The zero-order valence-corrected chi connectivity index (χ0v) is 15.0. The molecule has 8 heteroatoms. The van der Waals surface area contributed by atoms with Crippen LogP contribution in [-0.4, -0.2) is 22.4 Å². The van der Waals surface area contributed by atoms with Crippen molar-refractivity contribution in [2.24, 2.45) is 0 Å². The summed E-state index contributed by atoms with van der Waals surface area (Å²) in [5.74, 6) is -0.197. The Morgan fingerprint density at radius 3 is 2.78 bits per heavy atom. The first-order valence-corrected chi connectivity index (χ1v) is 8.89. The van der Waals surface area contributed by atoms with Crippen LogP contribution in [0.25, 0.3) is 15.2 Å². The van der Waals surface area contributed by atoms with Gasteiger partial charge in [-0.25, -0.2) is 9.37 Å². The highest BCUT2D eigenvalue weighted by Gasteiger charge is 2.16. The molecule has 0 unspecified atom stereocenters. The summed E-state index contributed by atoms with van der Waals surface area (Å²) in [4.78, 5) is 30.0. The smallest absolute Gasteiger partial charge is 0.271 e. The minimum Gasteiger partial charge on any atom is -0.497 e. The van der Waals surface area contributed by atoms with Crippen LogP contribution in [0.5, 0.6) is 5.75 Å². The van der Waals surface area contributed by atoms with Gasteiger partial charge >= 0.3 is 0 Å². The van der Waals surface area contributed by atoms with Gasteiger partial charge in [0.1, 0.15) is 17.1 Å². The fourth-order valence-corrected chi connectivity index (χ4v) is 3.76. The number of hydrogen-bond donors (Lipinski definition) is 1. The number of ether oxygens (including phenoxy) is 1. The first-order valence-electron chi connectivity index (χ1n) is 8.08. The number of carbonyl (C=O) groups is 1. The van der Waals surface area contributed by atoms with E-state index in [4.69, 9.17) is 4.74 Å². The molecule has 4 aromatic rings. The maximum absolute atomic E-state index is 12.9. The molecule has 6 nitrogen and oxygen atoms in total. The van der Waals surface area contributed by atoms with Crippen molar-refractivity contribution in [3.05, 3.63) is 76.0 Å². The number of halogens is 1. The van der Waals surface area contributed by atoms with E-state index in [1.165, 1.54) is 34.1 Å². The zero-order chi connectivity index (χ0) is 19.0. The lowest BCUT2D eigenvalue weighted by Crippen LogP contribution is -2.31. The molecule has 4 rings (SSSR count). The molecule has 0 saturated heterocycles. The summed E-state index contributed by atoms with van der Waals surface area (Å²) in [5.41, 5.74) is 0.909. The van der Waals surface area contributed by atoms with Gasteiger partial charge in [-0.05, 0) is 35.9 Å². The molecule has 0 spiro atoms. The molecule has 2 aromatic carbocycles. The molecular weight excluding hydrogens is 369 g/mol. The van der Waals surface area contributed by atoms with E-state index in [1.807, 2.05) is 6.07 Å². The van der Waals surface area contributed by atoms with E-state index in [0.717, 1.165) is 10.3 Å². The van der Waals surface area contributed by atoms with Gasteiger partial charge in [0.2, 0.25) is 0 Å². The predicted molar refractivity (Wildman–Crippen MR) is 101 cm³/mol. The van der Waals surface area contributed by atoms with Crippen LogP contribution in [0, 0.1) is 5.82 Å². The summed E-state index contributed by atoms with van der Waals surface area (Å²) < 4.78 is 20.4. The minimum atomic E-state index is -0.529. The Hall–Kier alpha value is -3.26. The van der Waals surface area contributed by atoms with Crippen LogP contribution in [-0.2, 0) is 6.54 Å². The van der Waals surface area contributed by atoms with Gasteiger partial charge in [0.25, 0.3) is 11.5 Å². The Bertz CT molecular complexity index is 1210. The Morgan fingerprint density at radius 1 is 1.26 bits per heavy atom. The van der Waals surface area contributed by atoms with Crippen molar-refractivity contribution in [3.8, 4) is 5.75 Å². The molecule has 0 fully saturated rings. The molecule has 27 heavy (non-hydrogen) atoms. The number of thiazole rings is 1. The van der Waals surface area contributed by atoms with Gasteiger partial charge < -0.3 is 10.1 Å². The Morgan fingerprint density at radius 2 is 2.04 bits per heavy atom. The second-order valence-electron chi connectivity index (χ2n) is 5.84. The fourth-order valence-electron chi connectivity index (χ4n) is 2.75. The average Bonchev–Trinajstić information content (AvgIpc) is 3.06. The third-order valence-electron chi connectivity index (χ3n) is 4.15. The summed E-state index contributed by atoms with van der Waals surface area (Å²) in [6.45, 7) is 0.183. The highest BCUT2D eigenvalue weighted by Crippen LogP contribution is 2.27. The van der Waals surface area contributed by atoms with Crippen LogP contribution in [0.3, 0.4) is 0 Å². The van der Waals surface area contributed by atoms with Crippen molar-refractivity contribution in [2.75, 3.05) is 7.11 Å². The molecule has 1 N–H and O–H groups in total. The molecular formula is C19H14FN3O3S. The highest BCUT2D eigenvalue weighted by molar-refractivity contribution is 7.23. The number of amides is 1. The Balaban J connectivity index is 1.68. The average molecular weight is 383 g/mol. The molecule has 0 radical (unpaired) electrons. The quantitative estimate of drug-likeness (QED) is 0.588. The molecule has 1 amide bonds. The number of hydrogen-bond acceptors (Lipinski definition) is 5. The third kappa shape index (κ3) is 3.15. The summed E-state index contributed by atoms with van der Waals surface area (Å²) in [7, 11) is 1.57. The van der Waals surface area contributed by atoms with Gasteiger partial charge in [0, 0.05) is 12.7 Å². The maximum Gasteiger partial charge on any atom is 0.271 e. The predicted octanol–water partition coefficient (Wildman–Crippen LogP) is 2.99. The lowest BCUT2D eigenvalue weighted by atomic mass is 10.2. The molecule has 0 aliphatic carbocycles. The van der Waals surface area contributed by atoms with Crippen molar-refractivity contribution in [1.82, 2.24) is 14.7 Å². The summed E-state index contributed by atoms with van der Waals surface area (Å²) in [6, 6.07) is 11.1. The summed E-state index contributed by atoms with van der Waals surface area (Å²) in [5, 5.41) is 2.67. The normalized spacial score (nSPS) is 11.0. The second-order valence-corrected chi connectivity index (χ2v) is 6.85. The topological polar surface area (TPSA) is 72.7 Å². The Kier molecular flexibility index (Phi) is 4.33. The van der Waals surface area contributed by atoms with E-state index < -0.39 is 11.5 Å². The lowest BCUT2D eigenvalue weighted by molar-refractivity contribution is 0.0949. The molecule has 2 heterocycles. The fraction of sp³-hybridized carbons (Fsp3) is 0.105. The van der Waals surface area contributed by atoms with Crippen molar-refractivity contribution in [3.63, 3.8) is 0 Å². The Labute approximate surface area is 156 Å². The molecule has 0 bridgehead atoms. The minimum absolute atomic E-state index is 0.0508. The van der Waals surface area contributed by atoms with E-state index >= 15 is 0 Å². The monoisotopic (exact) mass is 383 g/mol. The molecule has 136 valence electrons. The number of benzene rings is 2. The van der Waals surface area contributed by atoms with Crippen LogP contribution in [0.15, 0.2) is 53.5 Å². The van der Waals surface area contributed by atoms with Gasteiger partial charge in [-0.15, -0.1) is 0 Å². The van der Waals surface area contributed by atoms with Crippen molar-refractivity contribution in [2.45, 2.75) is 6.54 Å². The summed E-state index contributed by atoms with van der Waals surface area (Å²) >= 11 is 1.34. The van der Waals surface area contributed by atoms with Crippen molar-refractivity contribution < 1.29 is 13.9 Å². The first-order chi connectivity index (χ1) is 13.1. The van der Waals surface area contributed by atoms with E-state index in [1.54, 1.807) is 31.4 Å². The van der Waals surface area contributed by atoms with E-state index in [-0.39, 0.29) is 17.9 Å². The van der Waals surface area contributed by atoms with Gasteiger partial charge in [-0.1, -0.05) is 23.5 Å². The van der Waals surface area contributed by atoms with E-state index in [9.17, 15) is 14.0 Å². The van der Waals surface area contributed by atoms with Crippen LogP contribution < -0.4 is 15.6 Å². The van der Waals surface area contributed by atoms with Gasteiger partial charge in [-0.3, -0.25) is 14.0 Å². The molecule has 0 aliphatic heterocycles. The number of aromatic nitrogens is 2. The van der Waals surface area contributed by atoms with Crippen molar-refractivity contribution >= 4 is 32.4 Å². The number of rotatable bonds is 4. The number of nitrogens with one attached hydrogen (secondary N) is 1. The highest BCUT2D eigenvalue weighted by atomic mass is 32.1. The van der Waals surface area contributed by atoms with E-state index in [0.29, 0.717) is 16.2 Å². The second kappa shape index (κ2) is 6.81.